The van der Waals surface area contributed by atoms with Gasteiger partial charge in [0.1, 0.15) is 0 Å². The Morgan fingerprint density at radius 3 is 1.14 bits per heavy atom. The van der Waals surface area contributed by atoms with Crippen LogP contribution in [0.4, 0.5) is 0 Å². The molecule has 0 amide bonds. The molecule has 1 heteroatoms. The fourth-order valence-electron chi connectivity index (χ4n) is 0.671. The van der Waals surface area contributed by atoms with Gasteiger partial charge >= 0.3 is 54.1 Å². The van der Waals surface area contributed by atoms with Gasteiger partial charge in [-0.25, -0.2) is 0 Å². The molecule has 0 N–H and O–H groups in total. The first-order valence-corrected chi connectivity index (χ1v) is 8.49. The van der Waals surface area contributed by atoms with Crippen LogP contribution in [0, 0.1) is 0 Å². The maximum atomic E-state index is 2.34. The Labute approximate surface area is 54.3 Å². The van der Waals surface area contributed by atoms with Crippen LogP contribution >= 0.6 is 0 Å². The van der Waals surface area contributed by atoms with Crippen molar-refractivity contribution in [2.45, 2.75) is 33.9 Å². The molecule has 0 aromatic carbocycles. The molecule has 0 saturated heterocycles. The molecule has 0 rings (SSSR count). The van der Waals surface area contributed by atoms with Gasteiger partial charge in [0, 0.05) is 0 Å². The molecule has 0 aromatic rings. The molecule has 0 unspecified atom stereocenters. The molecular weight excluding hydrogens is 194 g/mol. The van der Waals surface area contributed by atoms with Gasteiger partial charge in [-0.3, -0.25) is 0 Å². The van der Waals surface area contributed by atoms with Crippen LogP contribution in [0.5, 0.6) is 0 Å². The predicted molar refractivity (Wildman–Crippen MR) is 37.2 cm³/mol. The Kier molecular flexibility index (Phi) is 5.55. The van der Waals surface area contributed by atoms with Crippen LogP contribution in [-0.2, 0) is 0 Å². The summed E-state index contributed by atoms with van der Waals surface area (Å²) in [5.41, 5.74) is 0. The van der Waals surface area contributed by atoms with Crippen molar-refractivity contribution in [3.8, 4) is 0 Å². The van der Waals surface area contributed by atoms with E-state index >= 15 is 0 Å². The second kappa shape index (κ2) is 4.96. The molecule has 0 fully saturated rings. The average Bonchev–Trinajstić information content (AvgIpc) is 1.72. The summed E-state index contributed by atoms with van der Waals surface area (Å²) in [6.45, 7) is 7.03. The third kappa shape index (κ3) is 3.40. The van der Waals surface area contributed by atoms with E-state index < -0.39 is 20.2 Å². The van der Waals surface area contributed by atoms with Crippen molar-refractivity contribution in [1.82, 2.24) is 0 Å². The van der Waals surface area contributed by atoms with Gasteiger partial charge in [-0.05, 0) is 0 Å². The van der Waals surface area contributed by atoms with Crippen LogP contribution in [0.2, 0.25) is 13.1 Å². The summed E-state index contributed by atoms with van der Waals surface area (Å²) in [4.78, 5) is 0. The van der Waals surface area contributed by atoms with Gasteiger partial charge in [-0.15, -0.1) is 0 Å². The van der Waals surface area contributed by atoms with Crippen molar-refractivity contribution in [2.75, 3.05) is 0 Å². The fraction of sp³-hybridized carbons (Fsp3) is 1.00. The topological polar surface area (TPSA) is 0 Å². The zero-order chi connectivity index (χ0) is 5.70. The SMILES string of the molecule is C[CH2][Sb]([CH2]C)[CH2]C. The van der Waals surface area contributed by atoms with Crippen LogP contribution in [-0.4, -0.2) is 20.2 Å². The normalized spacial score (nSPS) is 10.3. The van der Waals surface area contributed by atoms with Gasteiger partial charge in [0.05, 0.1) is 0 Å². The molecule has 0 heterocycles. The molecule has 0 aliphatic heterocycles. The minimum absolute atomic E-state index is 0.542. The third-order valence-corrected chi connectivity index (χ3v) is 9.00. The van der Waals surface area contributed by atoms with E-state index in [1.807, 2.05) is 0 Å². The van der Waals surface area contributed by atoms with Crippen LogP contribution in [0.15, 0.2) is 0 Å². The van der Waals surface area contributed by atoms with Crippen molar-refractivity contribution in [3.05, 3.63) is 0 Å². The molecule has 0 aromatic heterocycles. The minimum atomic E-state index is -0.542. The van der Waals surface area contributed by atoms with Gasteiger partial charge < -0.3 is 0 Å². The van der Waals surface area contributed by atoms with Crippen LogP contribution in [0.25, 0.3) is 0 Å². The van der Waals surface area contributed by atoms with Gasteiger partial charge in [-0.1, -0.05) is 0 Å². The summed E-state index contributed by atoms with van der Waals surface area (Å²) < 4.78 is 4.61. The van der Waals surface area contributed by atoms with Gasteiger partial charge in [0.15, 0.2) is 0 Å². The van der Waals surface area contributed by atoms with E-state index in [9.17, 15) is 0 Å². The van der Waals surface area contributed by atoms with E-state index in [1.54, 1.807) is 0 Å². The van der Waals surface area contributed by atoms with Crippen molar-refractivity contribution in [1.29, 1.82) is 0 Å². The quantitative estimate of drug-likeness (QED) is 0.626. The molecule has 0 nitrogen and oxygen atoms in total. The summed E-state index contributed by atoms with van der Waals surface area (Å²) in [5.74, 6) is 0. The first kappa shape index (κ1) is 7.82. The van der Waals surface area contributed by atoms with Crippen molar-refractivity contribution >= 4 is 20.2 Å². The van der Waals surface area contributed by atoms with Gasteiger partial charge in [-0.2, -0.15) is 0 Å². The van der Waals surface area contributed by atoms with Crippen LogP contribution in [0.1, 0.15) is 20.8 Å². The maximum absolute atomic E-state index is 2.34. The Morgan fingerprint density at radius 2 is 1.14 bits per heavy atom. The summed E-state index contributed by atoms with van der Waals surface area (Å²) >= 11 is -0.542. The van der Waals surface area contributed by atoms with E-state index in [-0.39, 0.29) is 0 Å². The molecule has 44 valence electrons. The molecule has 0 spiro atoms. The number of rotatable bonds is 3. The van der Waals surface area contributed by atoms with E-state index in [2.05, 4.69) is 20.8 Å². The third-order valence-electron chi connectivity index (χ3n) is 1.34. The molecule has 0 atom stereocenters. The Hall–Kier alpha value is 0.818. The number of hydrogen-bond donors (Lipinski definition) is 0. The molecule has 0 bridgehead atoms. The zero-order valence-electron chi connectivity index (χ0n) is 5.57. The van der Waals surface area contributed by atoms with E-state index in [4.69, 9.17) is 0 Å². The van der Waals surface area contributed by atoms with Crippen molar-refractivity contribution in [3.63, 3.8) is 0 Å². The first-order valence-electron chi connectivity index (χ1n) is 3.07. The summed E-state index contributed by atoms with van der Waals surface area (Å²) in [7, 11) is 0. The monoisotopic (exact) mass is 208 g/mol. The van der Waals surface area contributed by atoms with Crippen molar-refractivity contribution in [2.24, 2.45) is 0 Å². The number of hydrogen-bond acceptors (Lipinski definition) is 0. The second-order valence-electron chi connectivity index (χ2n) is 1.62. The van der Waals surface area contributed by atoms with Gasteiger partial charge in [0.2, 0.25) is 0 Å². The Balaban J connectivity index is 2.99. The zero-order valence-corrected chi connectivity index (χ0v) is 8.12. The molecule has 0 saturated carbocycles. The molecular formula is C6H15Sb. The average molecular weight is 209 g/mol. The van der Waals surface area contributed by atoms with E-state index in [1.165, 1.54) is 13.1 Å². The van der Waals surface area contributed by atoms with E-state index in [0.29, 0.717) is 0 Å². The molecule has 0 radical (unpaired) electrons. The first-order chi connectivity index (χ1) is 3.35. The summed E-state index contributed by atoms with van der Waals surface area (Å²) in [6, 6.07) is 0. The molecule has 7 heavy (non-hydrogen) atoms. The van der Waals surface area contributed by atoms with Crippen molar-refractivity contribution < 1.29 is 0 Å². The summed E-state index contributed by atoms with van der Waals surface area (Å²) in [6.07, 6.45) is 0. The predicted octanol–water partition coefficient (Wildman–Crippen LogP) is 2.54. The van der Waals surface area contributed by atoms with E-state index in [0.717, 1.165) is 0 Å². The van der Waals surface area contributed by atoms with Crippen LogP contribution < -0.4 is 0 Å². The Bertz CT molecular complexity index is 25.7. The fourth-order valence-corrected chi connectivity index (χ4v) is 4.50. The van der Waals surface area contributed by atoms with Gasteiger partial charge in [0.25, 0.3) is 0 Å². The summed E-state index contributed by atoms with van der Waals surface area (Å²) in [5, 5.41) is 0. The Morgan fingerprint density at radius 1 is 0.857 bits per heavy atom. The second-order valence-corrected chi connectivity index (χ2v) is 10.9. The molecule has 0 aliphatic rings. The standard InChI is InChI=1S/3C2H5.Sb/c3*1-2;/h3*1H2,2H3;. The molecule has 0 aliphatic carbocycles. The van der Waals surface area contributed by atoms with Crippen LogP contribution in [0.3, 0.4) is 0 Å².